The van der Waals surface area contributed by atoms with Crippen molar-refractivity contribution < 1.29 is 0 Å². The van der Waals surface area contributed by atoms with Crippen molar-refractivity contribution in [1.29, 1.82) is 0 Å². The molecule has 8 heavy (non-hydrogen) atoms. The molecule has 1 heterocycles. The van der Waals surface area contributed by atoms with Crippen LogP contribution in [0.25, 0.3) is 0 Å². The van der Waals surface area contributed by atoms with E-state index in [2.05, 4.69) is 18.3 Å². The second-order valence-electron chi connectivity index (χ2n) is 2.11. The predicted molar refractivity (Wildman–Crippen MR) is 34.1 cm³/mol. The molecule has 1 atom stereocenters. The Kier molecular flexibility index (Phi) is 1.51. The number of likely N-dealkylation sites (N-methyl/N-ethyl adjacent to an activating group) is 1. The van der Waals surface area contributed by atoms with Crippen LogP contribution in [0.2, 0.25) is 0 Å². The van der Waals surface area contributed by atoms with Gasteiger partial charge in [0, 0.05) is 13.1 Å². The highest BCUT2D eigenvalue weighted by Crippen LogP contribution is 2.04. The summed E-state index contributed by atoms with van der Waals surface area (Å²) in [4.78, 5) is 6.03. The van der Waals surface area contributed by atoms with Gasteiger partial charge < -0.3 is 4.90 Å². The lowest BCUT2D eigenvalue weighted by atomic mass is 10.2. The highest BCUT2D eigenvalue weighted by Gasteiger charge is 2.13. The number of rotatable bonds is 1. The van der Waals surface area contributed by atoms with E-state index in [0.29, 0.717) is 6.04 Å². The van der Waals surface area contributed by atoms with Crippen molar-refractivity contribution in [2.75, 3.05) is 13.6 Å². The maximum Gasteiger partial charge on any atom is 0.167 e. The molecular formula is C6H11N2. The Labute approximate surface area is 50.2 Å². The van der Waals surface area contributed by atoms with E-state index >= 15 is 0 Å². The van der Waals surface area contributed by atoms with E-state index in [-0.39, 0.29) is 0 Å². The largest absolute Gasteiger partial charge is 0.352 e. The summed E-state index contributed by atoms with van der Waals surface area (Å²) in [6, 6.07) is 0.620. The molecule has 0 fully saturated rings. The lowest BCUT2D eigenvalue weighted by Gasteiger charge is -2.14. The second kappa shape index (κ2) is 2.16. The fraction of sp³-hybridized carbons (Fsp3) is 0.833. The lowest BCUT2D eigenvalue weighted by Crippen LogP contribution is -2.26. The van der Waals surface area contributed by atoms with Gasteiger partial charge in [-0.1, -0.05) is 6.92 Å². The van der Waals surface area contributed by atoms with Crippen molar-refractivity contribution >= 4 is 6.34 Å². The minimum absolute atomic E-state index is 0.620. The highest BCUT2D eigenvalue weighted by molar-refractivity contribution is 5.57. The van der Waals surface area contributed by atoms with Crippen molar-refractivity contribution in [1.82, 2.24) is 4.90 Å². The van der Waals surface area contributed by atoms with Crippen molar-refractivity contribution in [2.45, 2.75) is 19.4 Å². The first-order valence-corrected chi connectivity index (χ1v) is 2.99. The van der Waals surface area contributed by atoms with Crippen molar-refractivity contribution in [3.8, 4) is 0 Å². The summed E-state index contributed by atoms with van der Waals surface area (Å²) >= 11 is 0. The van der Waals surface area contributed by atoms with Gasteiger partial charge in [-0.15, -0.1) is 0 Å². The molecule has 0 aromatic heterocycles. The summed E-state index contributed by atoms with van der Waals surface area (Å²) in [7, 11) is 2.02. The number of hydrogen-bond donors (Lipinski definition) is 0. The molecule has 0 aromatic carbocycles. The van der Waals surface area contributed by atoms with Gasteiger partial charge in [0.05, 0.1) is 6.54 Å². The van der Waals surface area contributed by atoms with E-state index in [1.165, 1.54) is 6.42 Å². The van der Waals surface area contributed by atoms with Crippen molar-refractivity contribution in [3.05, 3.63) is 0 Å². The first kappa shape index (κ1) is 5.60. The highest BCUT2D eigenvalue weighted by atomic mass is 15.2. The van der Waals surface area contributed by atoms with Gasteiger partial charge in [0.15, 0.2) is 6.34 Å². The van der Waals surface area contributed by atoms with Crippen LogP contribution >= 0.6 is 0 Å². The average molecular weight is 111 g/mol. The first-order chi connectivity index (χ1) is 3.84. The van der Waals surface area contributed by atoms with Crippen LogP contribution in [0.3, 0.4) is 0 Å². The zero-order valence-corrected chi connectivity index (χ0v) is 5.39. The van der Waals surface area contributed by atoms with Crippen LogP contribution in [0.1, 0.15) is 13.3 Å². The monoisotopic (exact) mass is 111 g/mol. The van der Waals surface area contributed by atoms with Gasteiger partial charge in [0.25, 0.3) is 0 Å². The van der Waals surface area contributed by atoms with Gasteiger partial charge in [-0.2, -0.15) is 0 Å². The summed E-state index contributed by atoms with van der Waals surface area (Å²) in [5.74, 6) is 0. The smallest absolute Gasteiger partial charge is 0.167 e. The van der Waals surface area contributed by atoms with E-state index in [0.717, 1.165) is 6.54 Å². The molecule has 1 aliphatic heterocycles. The number of aliphatic imine (C=N–C) groups is 1. The first-order valence-electron chi connectivity index (χ1n) is 2.99. The Morgan fingerprint density at radius 3 is 2.88 bits per heavy atom. The summed E-state index contributed by atoms with van der Waals surface area (Å²) < 4.78 is 0. The predicted octanol–water partition coefficient (Wildman–Crippen LogP) is 0.616. The summed E-state index contributed by atoms with van der Waals surface area (Å²) in [5.41, 5.74) is 0. The molecule has 0 spiro atoms. The maximum absolute atomic E-state index is 3.99. The Balaban J connectivity index is 2.38. The molecule has 1 radical (unpaired) electrons. The summed E-state index contributed by atoms with van der Waals surface area (Å²) in [6.45, 7) is 3.11. The third-order valence-electron chi connectivity index (χ3n) is 1.55. The van der Waals surface area contributed by atoms with Gasteiger partial charge in [-0.05, 0) is 6.42 Å². The quantitative estimate of drug-likeness (QED) is 0.484. The fourth-order valence-electron chi connectivity index (χ4n) is 0.865. The summed E-state index contributed by atoms with van der Waals surface area (Å²) in [5, 5.41) is 0. The standard InChI is InChI=1S/C6H11N2/c1-3-6-4-7-5-8(6)2/h6H,3-4H2,1-2H3. The van der Waals surface area contributed by atoms with Gasteiger partial charge in [-0.3, -0.25) is 4.99 Å². The molecule has 45 valence electrons. The zero-order valence-electron chi connectivity index (χ0n) is 5.39. The molecule has 0 N–H and O–H groups in total. The maximum atomic E-state index is 3.99. The normalized spacial score (nSPS) is 27.2. The Morgan fingerprint density at radius 2 is 2.62 bits per heavy atom. The molecule has 1 unspecified atom stereocenters. The van der Waals surface area contributed by atoms with Crippen LogP contribution in [0.5, 0.6) is 0 Å². The molecule has 0 bridgehead atoms. The third kappa shape index (κ3) is 0.831. The minimum Gasteiger partial charge on any atom is -0.352 e. The van der Waals surface area contributed by atoms with Crippen LogP contribution in [-0.2, 0) is 0 Å². The molecule has 0 saturated carbocycles. The molecule has 1 rings (SSSR count). The Morgan fingerprint density at radius 1 is 1.88 bits per heavy atom. The minimum atomic E-state index is 0.620. The van der Waals surface area contributed by atoms with Crippen LogP contribution in [0.4, 0.5) is 0 Å². The van der Waals surface area contributed by atoms with Crippen LogP contribution in [-0.4, -0.2) is 30.9 Å². The Bertz CT molecular complexity index is 98.7. The van der Waals surface area contributed by atoms with E-state index in [4.69, 9.17) is 0 Å². The number of hydrogen-bond acceptors (Lipinski definition) is 2. The fourth-order valence-corrected chi connectivity index (χ4v) is 0.865. The number of nitrogens with zero attached hydrogens (tertiary/aromatic N) is 2. The average Bonchev–Trinajstić information content (AvgIpc) is 2.14. The van der Waals surface area contributed by atoms with Crippen LogP contribution < -0.4 is 0 Å². The molecule has 2 nitrogen and oxygen atoms in total. The van der Waals surface area contributed by atoms with Crippen molar-refractivity contribution in [2.24, 2.45) is 4.99 Å². The topological polar surface area (TPSA) is 15.6 Å². The van der Waals surface area contributed by atoms with E-state index in [1.807, 2.05) is 11.9 Å². The molecule has 0 saturated heterocycles. The molecule has 0 aliphatic carbocycles. The van der Waals surface area contributed by atoms with Crippen LogP contribution in [0, 0.1) is 0 Å². The molecule has 1 aliphatic rings. The Hall–Kier alpha value is -0.530. The molecule has 0 aromatic rings. The van der Waals surface area contributed by atoms with E-state index in [1.54, 1.807) is 0 Å². The third-order valence-corrected chi connectivity index (χ3v) is 1.55. The molecule has 2 heteroatoms. The van der Waals surface area contributed by atoms with Crippen LogP contribution in [0.15, 0.2) is 4.99 Å². The van der Waals surface area contributed by atoms with Gasteiger partial charge in [0.2, 0.25) is 0 Å². The second-order valence-corrected chi connectivity index (χ2v) is 2.11. The molecular weight excluding hydrogens is 100 g/mol. The van der Waals surface area contributed by atoms with E-state index < -0.39 is 0 Å². The van der Waals surface area contributed by atoms with Gasteiger partial charge in [-0.25, -0.2) is 0 Å². The van der Waals surface area contributed by atoms with Crippen molar-refractivity contribution in [3.63, 3.8) is 0 Å². The van der Waals surface area contributed by atoms with E-state index in [9.17, 15) is 0 Å². The lowest BCUT2D eigenvalue weighted by molar-refractivity contribution is 0.401. The summed E-state index contributed by atoms with van der Waals surface area (Å²) in [6.07, 6.45) is 4.05. The SMILES string of the molecule is CCC1CN=[C]N1C. The zero-order chi connectivity index (χ0) is 5.98. The van der Waals surface area contributed by atoms with Gasteiger partial charge in [0.1, 0.15) is 0 Å². The van der Waals surface area contributed by atoms with Gasteiger partial charge >= 0.3 is 0 Å². The molecule has 0 amide bonds.